The standard InChI is InChI=1S/C16H18N2O3S/c1-21-12-6-4-11(5-7-12)14-15(16(19)20)22-13(17-14)10-18-8-2-3-9-18/h4-7H,2-3,8-10H2,1H3,(H,19,20). The Morgan fingerprint density at radius 1 is 1.32 bits per heavy atom. The van der Waals surface area contributed by atoms with Gasteiger partial charge in [0.2, 0.25) is 0 Å². The van der Waals surface area contributed by atoms with Gasteiger partial charge in [0.25, 0.3) is 0 Å². The molecule has 0 radical (unpaired) electrons. The normalized spacial score (nSPS) is 15.1. The molecule has 1 saturated heterocycles. The summed E-state index contributed by atoms with van der Waals surface area (Å²) in [5.41, 5.74) is 1.36. The molecule has 22 heavy (non-hydrogen) atoms. The highest BCUT2D eigenvalue weighted by Gasteiger charge is 2.21. The number of hydrogen-bond acceptors (Lipinski definition) is 5. The van der Waals surface area contributed by atoms with Gasteiger partial charge in [-0.15, -0.1) is 11.3 Å². The summed E-state index contributed by atoms with van der Waals surface area (Å²) >= 11 is 1.28. The minimum absolute atomic E-state index is 0.305. The fraction of sp³-hybridized carbons (Fsp3) is 0.375. The van der Waals surface area contributed by atoms with Crippen LogP contribution >= 0.6 is 11.3 Å². The highest BCUT2D eigenvalue weighted by Crippen LogP contribution is 2.30. The maximum Gasteiger partial charge on any atom is 0.348 e. The zero-order chi connectivity index (χ0) is 15.5. The molecule has 1 N–H and O–H groups in total. The van der Waals surface area contributed by atoms with Crippen LogP contribution in [0.4, 0.5) is 0 Å². The molecule has 0 bridgehead atoms. The second-order valence-corrected chi connectivity index (χ2v) is 6.39. The third-order valence-electron chi connectivity index (χ3n) is 3.79. The van der Waals surface area contributed by atoms with Gasteiger partial charge in [-0.2, -0.15) is 0 Å². The molecule has 1 aromatic heterocycles. The molecular formula is C16H18N2O3S. The molecule has 1 aromatic carbocycles. The smallest absolute Gasteiger partial charge is 0.348 e. The lowest BCUT2D eigenvalue weighted by molar-refractivity contribution is 0.0702. The Balaban J connectivity index is 1.90. The summed E-state index contributed by atoms with van der Waals surface area (Å²) in [5, 5.41) is 10.3. The molecule has 1 fully saturated rings. The minimum Gasteiger partial charge on any atom is -0.497 e. The SMILES string of the molecule is COc1ccc(-c2nc(CN3CCCC3)sc2C(=O)O)cc1. The summed E-state index contributed by atoms with van der Waals surface area (Å²) in [6.45, 7) is 2.88. The number of hydrogen-bond donors (Lipinski definition) is 1. The van der Waals surface area contributed by atoms with E-state index in [0.717, 1.165) is 36.0 Å². The van der Waals surface area contributed by atoms with Gasteiger partial charge >= 0.3 is 5.97 Å². The van der Waals surface area contributed by atoms with Crippen LogP contribution in [0.5, 0.6) is 5.75 Å². The highest BCUT2D eigenvalue weighted by molar-refractivity contribution is 7.14. The number of nitrogens with zero attached hydrogens (tertiary/aromatic N) is 2. The van der Waals surface area contributed by atoms with Crippen LogP contribution < -0.4 is 4.74 Å². The number of rotatable bonds is 5. The Morgan fingerprint density at radius 3 is 2.59 bits per heavy atom. The van der Waals surface area contributed by atoms with E-state index in [1.165, 1.54) is 24.2 Å². The first-order valence-corrected chi connectivity index (χ1v) is 8.09. The van der Waals surface area contributed by atoms with E-state index >= 15 is 0 Å². The Bertz CT molecular complexity index is 661. The van der Waals surface area contributed by atoms with E-state index < -0.39 is 5.97 Å². The monoisotopic (exact) mass is 318 g/mol. The van der Waals surface area contributed by atoms with Crippen LogP contribution in [0.2, 0.25) is 0 Å². The van der Waals surface area contributed by atoms with Crippen molar-refractivity contribution in [2.45, 2.75) is 19.4 Å². The van der Waals surface area contributed by atoms with Gasteiger partial charge in [0.15, 0.2) is 0 Å². The van der Waals surface area contributed by atoms with Gasteiger partial charge in [-0.3, -0.25) is 4.90 Å². The van der Waals surface area contributed by atoms with Crippen molar-refractivity contribution in [3.8, 4) is 17.0 Å². The minimum atomic E-state index is -0.920. The fourth-order valence-corrected chi connectivity index (χ4v) is 3.62. The van der Waals surface area contributed by atoms with E-state index in [0.29, 0.717) is 10.6 Å². The molecule has 1 aliphatic heterocycles. The van der Waals surface area contributed by atoms with E-state index in [1.807, 2.05) is 24.3 Å². The lowest BCUT2D eigenvalue weighted by Gasteiger charge is -2.11. The number of likely N-dealkylation sites (tertiary alicyclic amines) is 1. The number of benzene rings is 1. The van der Waals surface area contributed by atoms with Crippen molar-refractivity contribution in [2.75, 3.05) is 20.2 Å². The first-order chi connectivity index (χ1) is 10.7. The second kappa shape index (κ2) is 6.46. The lowest BCUT2D eigenvalue weighted by Crippen LogP contribution is -2.18. The summed E-state index contributed by atoms with van der Waals surface area (Å²) < 4.78 is 5.14. The van der Waals surface area contributed by atoms with Crippen molar-refractivity contribution in [3.63, 3.8) is 0 Å². The van der Waals surface area contributed by atoms with E-state index in [2.05, 4.69) is 9.88 Å². The molecule has 1 aliphatic rings. The van der Waals surface area contributed by atoms with Gasteiger partial charge in [-0.05, 0) is 50.2 Å². The molecule has 2 aromatic rings. The zero-order valence-electron chi connectivity index (χ0n) is 12.4. The molecule has 0 aliphatic carbocycles. The molecule has 0 atom stereocenters. The van der Waals surface area contributed by atoms with Crippen molar-refractivity contribution >= 4 is 17.3 Å². The van der Waals surface area contributed by atoms with E-state index in [-0.39, 0.29) is 0 Å². The number of thiazole rings is 1. The van der Waals surface area contributed by atoms with Crippen LogP contribution in [0.25, 0.3) is 11.3 Å². The van der Waals surface area contributed by atoms with Crippen molar-refractivity contribution in [2.24, 2.45) is 0 Å². The second-order valence-electron chi connectivity index (χ2n) is 5.30. The van der Waals surface area contributed by atoms with E-state index in [9.17, 15) is 9.90 Å². The number of carbonyl (C=O) groups is 1. The van der Waals surface area contributed by atoms with Crippen LogP contribution in [-0.4, -0.2) is 41.2 Å². The summed E-state index contributed by atoms with van der Waals surface area (Å²) in [7, 11) is 1.61. The van der Waals surface area contributed by atoms with E-state index in [1.54, 1.807) is 7.11 Å². The molecule has 5 nitrogen and oxygen atoms in total. The van der Waals surface area contributed by atoms with Crippen LogP contribution in [0.15, 0.2) is 24.3 Å². The zero-order valence-corrected chi connectivity index (χ0v) is 13.2. The van der Waals surface area contributed by atoms with Gasteiger partial charge in [0.05, 0.1) is 19.3 Å². The van der Waals surface area contributed by atoms with Crippen molar-refractivity contribution in [1.82, 2.24) is 9.88 Å². The van der Waals surface area contributed by atoms with Gasteiger partial charge in [-0.25, -0.2) is 9.78 Å². The summed E-state index contributed by atoms with van der Waals surface area (Å²) in [4.78, 5) is 18.7. The average molecular weight is 318 g/mol. The van der Waals surface area contributed by atoms with Gasteiger partial charge in [0, 0.05) is 5.56 Å². The predicted molar refractivity (Wildman–Crippen MR) is 85.6 cm³/mol. The maximum atomic E-state index is 11.5. The summed E-state index contributed by atoms with van der Waals surface area (Å²) in [6, 6.07) is 7.33. The number of carboxylic acid groups (broad SMARTS) is 1. The van der Waals surface area contributed by atoms with Gasteiger partial charge in [-0.1, -0.05) is 0 Å². The molecule has 116 valence electrons. The van der Waals surface area contributed by atoms with Crippen LogP contribution in [0, 0.1) is 0 Å². The molecule has 6 heteroatoms. The number of aromatic nitrogens is 1. The van der Waals surface area contributed by atoms with Gasteiger partial charge < -0.3 is 9.84 Å². The lowest BCUT2D eigenvalue weighted by atomic mass is 10.1. The quantitative estimate of drug-likeness (QED) is 0.918. The largest absolute Gasteiger partial charge is 0.497 e. The highest BCUT2D eigenvalue weighted by atomic mass is 32.1. The summed E-state index contributed by atoms with van der Waals surface area (Å²) in [6.07, 6.45) is 2.42. The van der Waals surface area contributed by atoms with Crippen molar-refractivity contribution < 1.29 is 14.6 Å². The number of ether oxygens (including phenoxy) is 1. The molecule has 0 spiro atoms. The number of aromatic carboxylic acids is 1. The third kappa shape index (κ3) is 3.13. The Morgan fingerprint density at radius 2 is 2.00 bits per heavy atom. The topological polar surface area (TPSA) is 62.7 Å². The molecule has 0 unspecified atom stereocenters. The number of carboxylic acids is 1. The van der Waals surface area contributed by atoms with Gasteiger partial charge in [0.1, 0.15) is 15.6 Å². The van der Waals surface area contributed by atoms with Crippen LogP contribution in [0.3, 0.4) is 0 Å². The van der Waals surface area contributed by atoms with E-state index in [4.69, 9.17) is 4.74 Å². The maximum absolute atomic E-state index is 11.5. The average Bonchev–Trinajstić information content (AvgIpc) is 3.17. The van der Waals surface area contributed by atoms with Crippen LogP contribution in [-0.2, 0) is 6.54 Å². The first-order valence-electron chi connectivity index (χ1n) is 7.27. The number of methoxy groups -OCH3 is 1. The Kier molecular flexibility index (Phi) is 4.40. The summed E-state index contributed by atoms with van der Waals surface area (Å²) in [5.74, 6) is -0.177. The molecular weight excluding hydrogens is 300 g/mol. The fourth-order valence-electron chi connectivity index (χ4n) is 2.65. The third-order valence-corrected chi connectivity index (χ3v) is 4.81. The Labute approximate surface area is 133 Å². The first kappa shape index (κ1) is 15.0. The Hall–Kier alpha value is -1.92. The molecule has 2 heterocycles. The molecule has 0 amide bonds. The predicted octanol–water partition coefficient (Wildman–Crippen LogP) is 3.11. The van der Waals surface area contributed by atoms with Crippen molar-refractivity contribution in [3.05, 3.63) is 34.2 Å². The van der Waals surface area contributed by atoms with Crippen LogP contribution in [0.1, 0.15) is 27.5 Å². The molecule has 3 rings (SSSR count). The van der Waals surface area contributed by atoms with Crippen molar-refractivity contribution in [1.29, 1.82) is 0 Å². The molecule has 0 saturated carbocycles.